The number of nitrogens with one attached hydrogen (secondary N) is 1. The Bertz CT molecular complexity index is 837. The Morgan fingerprint density at radius 1 is 0.658 bits per heavy atom. The fourth-order valence-corrected chi connectivity index (χ4v) is 5.83. The molecule has 1 atom stereocenters. The van der Waals surface area contributed by atoms with Gasteiger partial charge in [-0.1, -0.05) is 168 Å². The summed E-state index contributed by atoms with van der Waals surface area (Å²) in [5, 5.41) is 2.90. The van der Waals surface area contributed by atoms with E-state index in [0.29, 0.717) is 5.92 Å². The number of hydrogen-bond donors (Lipinski definition) is 0. The van der Waals surface area contributed by atoms with Crippen LogP contribution in [0.5, 0.6) is 0 Å². The fourth-order valence-electron chi connectivity index (χ4n) is 4.62. The van der Waals surface area contributed by atoms with Crippen molar-refractivity contribution in [3.63, 3.8) is 0 Å². The van der Waals surface area contributed by atoms with Gasteiger partial charge in [-0.3, -0.25) is 6.08 Å². The average molecular weight is 738 g/mol. The third kappa shape index (κ3) is 17.3. The van der Waals surface area contributed by atoms with E-state index in [1.54, 1.807) is 0 Å². The minimum absolute atomic E-state index is 0. The van der Waals surface area contributed by atoms with Gasteiger partial charge in [0.15, 0.2) is 0 Å². The molecule has 0 spiro atoms. The van der Waals surface area contributed by atoms with Crippen molar-refractivity contribution >= 4 is 44.7 Å². The van der Waals surface area contributed by atoms with Crippen LogP contribution in [-0.2, 0) is 25.8 Å². The van der Waals surface area contributed by atoms with E-state index in [2.05, 4.69) is 94.4 Å². The molecule has 211 valence electrons. The Morgan fingerprint density at radius 2 is 1.03 bits per heavy atom. The van der Waals surface area contributed by atoms with E-state index >= 15 is 0 Å². The van der Waals surface area contributed by atoms with Gasteiger partial charge < -0.3 is 5.73 Å². The van der Waals surface area contributed by atoms with Crippen LogP contribution in [0, 0.1) is 12.0 Å². The molecule has 4 rings (SSSR count). The van der Waals surface area contributed by atoms with Gasteiger partial charge >= 0.3 is 0 Å². The first-order valence-electron chi connectivity index (χ1n) is 13.9. The number of rotatable bonds is 2. The Labute approximate surface area is 268 Å². The second-order valence-electron chi connectivity index (χ2n) is 10.2. The quantitative estimate of drug-likeness (QED) is 0.217. The van der Waals surface area contributed by atoms with Gasteiger partial charge in [0, 0.05) is 25.8 Å². The molecule has 2 aliphatic rings. The Kier molecular flexibility index (Phi) is 25.4. The summed E-state index contributed by atoms with van der Waals surface area (Å²) < 4.78 is 0. The summed E-state index contributed by atoms with van der Waals surface area (Å²) in [5.74, 6) is 0.560. The summed E-state index contributed by atoms with van der Waals surface area (Å²) in [5.41, 5.74) is 12.0. The third-order valence-corrected chi connectivity index (χ3v) is 8.71. The SMILES string of the molecule is CC1=[C-]C(C)C(C)=C1C.Cl.Cl.[Hf].[NH-]C1CCCCCCCCCCC1.c1ccc([SiH]c2ccccc2)cc1. The molecule has 0 amide bonds. The van der Waals surface area contributed by atoms with Crippen LogP contribution < -0.4 is 10.4 Å². The van der Waals surface area contributed by atoms with E-state index in [1.807, 2.05) is 0 Å². The predicted molar refractivity (Wildman–Crippen MR) is 173 cm³/mol. The third-order valence-electron chi connectivity index (χ3n) is 7.27. The molecule has 1 fully saturated rings. The maximum atomic E-state index is 7.80. The van der Waals surface area contributed by atoms with Crippen molar-refractivity contribution in [3.05, 3.63) is 89.2 Å². The number of allylic oxidation sites excluding steroid dienone is 4. The van der Waals surface area contributed by atoms with Gasteiger partial charge in [-0.15, -0.1) is 37.8 Å². The summed E-state index contributed by atoms with van der Waals surface area (Å²) in [6.45, 7) is 8.67. The van der Waals surface area contributed by atoms with Crippen molar-refractivity contribution in [3.8, 4) is 0 Å². The van der Waals surface area contributed by atoms with Crippen molar-refractivity contribution in [2.45, 2.75) is 104 Å². The van der Waals surface area contributed by atoms with E-state index < -0.39 is 0 Å². The first-order chi connectivity index (χ1) is 17.0. The fraction of sp³-hybridized carbons (Fsp3) is 0.515. The topological polar surface area (TPSA) is 23.8 Å². The molecule has 1 unspecified atom stereocenters. The van der Waals surface area contributed by atoms with Crippen LogP contribution in [0.15, 0.2) is 77.4 Å². The monoisotopic (exact) mass is 738 g/mol. The van der Waals surface area contributed by atoms with E-state index in [9.17, 15) is 0 Å². The zero-order valence-electron chi connectivity index (χ0n) is 24.1. The van der Waals surface area contributed by atoms with Crippen molar-refractivity contribution < 1.29 is 25.8 Å². The van der Waals surface area contributed by atoms with Gasteiger partial charge in [0.2, 0.25) is 0 Å². The number of hydrogen-bond acceptors (Lipinski definition) is 0. The van der Waals surface area contributed by atoms with Gasteiger partial charge in [0.25, 0.3) is 0 Å². The molecule has 1 nitrogen and oxygen atoms in total. The summed E-state index contributed by atoms with van der Waals surface area (Å²) in [6, 6.07) is 21.6. The molecule has 1 N–H and O–H groups in total. The van der Waals surface area contributed by atoms with E-state index in [-0.39, 0.29) is 66.2 Å². The van der Waals surface area contributed by atoms with Gasteiger partial charge in [0.05, 0.1) is 0 Å². The van der Waals surface area contributed by atoms with Crippen molar-refractivity contribution in [1.29, 1.82) is 0 Å². The Balaban J connectivity index is 0. The Hall–Kier alpha value is -0.453. The first-order valence-corrected chi connectivity index (χ1v) is 15.1. The molecule has 0 heterocycles. The predicted octanol–water partition coefficient (Wildman–Crippen LogP) is 9.35. The van der Waals surface area contributed by atoms with Gasteiger partial charge in [-0.2, -0.15) is 11.1 Å². The second-order valence-corrected chi connectivity index (χ2v) is 11.8. The van der Waals surface area contributed by atoms with Crippen LogP contribution in [-0.4, -0.2) is 15.6 Å². The average Bonchev–Trinajstić information content (AvgIpc) is 3.08. The molecule has 1 saturated carbocycles. The van der Waals surface area contributed by atoms with Crippen LogP contribution in [0.4, 0.5) is 0 Å². The smallest absolute Gasteiger partial charge is 0.103 e. The molecule has 1 radical (unpaired) electrons. The molecule has 0 saturated heterocycles. The summed E-state index contributed by atoms with van der Waals surface area (Å²) >= 11 is 0. The molecule has 2 aromatic carbocycles. The van der Waals surface area contributed by atoms with Crippen molar-refractivity contribution in [2.24, 2.45) is 5.92 Å². The maximum Gasteiger partial charge on any atom is 0.103 e. The van der Waals surface area contributed by atoms with Crippen molar-refractivity contribution in [1.82, 2.24) is 0 Å². The standard InChI is InChI=1S/C12H24N.C12H11Si.C9H13.2ClH.Hf/c13-12-10-8-6-4-2-1-3-5-7-9-11-12;1-3-7-11(8-4-1)13-12-9-5-2-6-10-12;1-6-5-7(2)9(4)8(6)3;;;/h12-13H,1-11H2;1-10,13H;6H,1-4H3;2*1H;/q-1;;-1;;;. The number of benzene rings is 2. The normalized spacial score (nSPS) is 18.2. The minimum Gasteiger partial charge on any atom is -0.675 e. The minimum atomic E-state index is 0. The molecule has 38 heavy (non-hydrogen) atoms. The van der Waals surface area contributed by atoms with Crippen LogP contribution in [0.1, 0.15) is 98.3 Å². The zero-order valence-corrected chi connectivity index (χ0v) is 30.5. The molecule has 0 aliphatic heterocycles. The molecular weight excluding hydrogens is 688 g/mol. The van der Waals surface area contributed by atoms with Crippen molar-refractivity contribution in [2.75, 3.05) is 0 Å². The summed E-state index contributed by atoms with van der Waals surface area (Å²) in [7, 11) is 0.271. The molecule has 5 heteroatoms. The van der Waals surface area contributed by atoms with Crippen LogP contribution in [0.3, 0.4) is 0 Å². The molecular formula is C33H50Cl2HfNSi-2. The molecule has 0 bridgehead atoms. The molecule has 2 aromatic rings. The second kappa shape index (κ2) is 24.4. The van der Waals surface area contributed by atoms with Crippen LogP contribution in [0.25, 0.3) is 5.73 Å². The van der Waals surface area contributed by atoms with E-state index in [4.69, 9.17) is 5.73 Å². The zero-order chi connectivity index (χ0) is 25.3. The Morgan fingerprint density at radius 3 is 1.32 bits per heavy atom. The van der Waals surface area contributed by atoms with Gasteiger partial charge in [-0.05, 0) is 0 Å². The van der Waals surface area contributed by atoms with Gasteiger partial charge in [-0.25, -0.2) is 5.57 Å². The van der Waals surface area contributed by atoms with Crippen LogP contribution >= 0.6 is 24.8 Å². The number of halogens is 2. The molecule has 2 aliphatic carbocycles. The largest absolute Gasteiger partial charge is 0.675 e. The molecule has 0 aromatic heterocycles. The first kappa shape index (κ1) is 39.7. The maximum absolute atomic E-state index is 7.80. The van der Waals surface area contributed by atoms with Gasteiger partial charge in [0.1, 0.15) is 9.52 Å². The van der Waals surface area contributed by atoms with E-state index in [1.165, 1.54) is 84.9 Å². The summed E-state index contributed by atoms with van der Waals surface area (Å²) in [6.07, 6.45) is 18.1. The van der Waals surface area contributed by atoms with E-state index in [0.717, 1.165) is 12.8 Å². The van der Waals surface area contributed by atoms with Crippen LogP contribution in [0.2, 0.25) is 0 Å². The summed E-state index contributed by atoms with van der Waals surface area (Å²) in [4.78, 5) is 0.